The summed E-state index contributed by atoms with van der Waals surface area (Å²) in [5, 5.41) is 9.38. The third-order valence-corrected chi connectivity index (χ3v) is 3.58. The minimum absolute atomic E-state index is 0.0299. The minimum Gasteiger partial charge on any atom is -0.481 e. The standard InChI is InChI=1S/C14H21NO3/c1-4-5-6-14(13(17)18)7-9-15(10-8-14)12(16)11(2)3/h11H,6-10H2,1-3H3,(H,17,18). The molecule has 100 valence electrons. The molecule has 18 heavy (non-hydrogen) atoms. The van der Waals surface area contributed by atoms with Crippen LogP contribution in [0.25, 0.3) is 0 Å². The van der Waals surface area contributed by atoms with Gasteiger partial charge in [0.1, 0.15) is 0 Å². The van der Waals surface area contributed by atoms with Crippen molar-refractivity contribution in [3.05, 3.63) is 0 Å². The van der Waals surface area contributed by atoms with E-state index in [0.717, 1.165) is 0 Å². The molecule has 1 saturated heterocycles. The van der Waals surface area contributed by atoms with Crippen molar-refractivity contribution >= 4 is 11.9 Å². The Kier molecular flexibility index (Phi) is 4.77. The van der Waals surface area contributed by atoms with E-state index in [1.54, 1.807) is 11.8 Å². The van der Waals surface area contributed by atoms with Crippen molar-refractivity contribution in [2.24, 2.45) is 11.3 Å². The smallest absolute Gasteiger partial charge is 0.310 e. The van der Waals surface area contributed by atoms with Gasteiger partial charge in [0, 0.05) is 25.4 Å². The van der Waals surface area contributed by atoms with E-state index in [-0.39, 0.29) is 11.8 Å². The number of likely N-dealkylation sites (tertiary alicyclic amines) is 1. The van der Waals surface area contributed by atoms with E-state index in [2.05, 4.69) is 11.8 Å². The number of nitrogens with zero attached hydrogens (tertiary/aromatic N) is 1. The summed E-state index contributed by atoms with van der Waals surface area (Å²) in [7, 11) is 0. The zero-order valence-electron chi connectivity index (χ0n) is 11.3. The van der Waals surface area contributed by atoms with Crippen LogP contribution in [0.5, 0.6) is 0 Å². The van der Waals surface area contributed by atoms with E-state index in [9.17, 15) is 14.7 Å². The molecule has 1 rings (SSSR count). The molecule has 1 amide bonds. The van der Waals surface area contributed by atoms with Crippen molar-refractivity contribution in [1.29, 1.82) is 0 Å². The lowest BCUT2D eigenvalue weighted by atomic mass is 9.75. The predicted molar refractivity (Wildman–Crippen MR) is 68.8 cm³/mol. The fourth-order valence-electron chi connectivity index (χ4n) is 2.24. The summed E-state index contributed by atoms with van der Waals surface area (Å²) in [6.45, 7) is 6.49. The molecule has 0 radical (unpaired) electrons. The monoisotopic (exact) mass is 251 g/mol. The average Bonchev–Trinajstić information content (AvgIpc) is 2.35. The van der Waals surface area contributed by atoms with E-state index in [0.29, 0.717) is 32.4 Å². The Hall–Kier alpha value is -1.50. The fourth-order valence-corrected chi connectivity index (χ4v) is 2.24. The molecule has 1 N–H and O–H groups in total. The third-order valence-electron chi connectivity index (χ3n) is 3.58. The lowest BCUT2D eigenvalue weighted by Crippen LogP contribution is -2.47. The average molecular weight is 251 g/mol. The molecule has 0 saturated carbocycles. The highest BCUT2D eigenvalue weighted by molar-refractivity contribution is 5.79. The maximum absolute atomic E-state index is 11.8. The van der Waals surface area contributed by atoms with Crippen LogP contribution in [0.2, 0.25) is 0 Å². The van der Waals surface area contributed by atoms with Crippen LogP contribution in [0, 0.1) is 23.2 Å². The van der Waals surface area contributed by atoms with Crippen LogP contribution < -0.4 is 0 Å². The molecule has 0 spiro atoms. The first-order valence-corrected chi connectivity index (χ1v) is 6.35. The molecule has 0 atom stereocenters. The number of carboxylic acid groups (broad SMARTS) is 1. The summed E-state index contributed by atoms with van der Waals surface area (Å²) in [4.78, 5) is 25.0. The molecular weight excluding hydrogens is 230 g/mol. The molecule has 0 aromatic rings. The number of aliphatic carboxylic acids is 1. The molecule has 0 unspecified atom stereocenters. The van der Waals surface area contributed by atoms with Gasteiger partial charge in [-0.3, -0.25) is 9.59 Å². The Morgan fingerprint density at radius 1 is 1.33 bits per heavy atom. The summed E-state index contributed by atoms with van der Waals surface area (Å²) >= 11 is 0. The van der Waals surface area contributed by atoms with Gasteiger partial charge in [0.2, 0.25) is 5.91 Å². The van der Waals surface area contributed by atoms with Crippen LogP contribution >= 0.6 is 0 Å². The fraction of sp³-hybridized carbons (Fsp3) is 0.714. The molecular formula is C14H21NO3. The second-order valence-corrected chi connectivity index (χ2v) is 5.17. The van der Waals surface area contributed by atoms with Crippen molar-refractivity contribution < 1.29 is 14.7 Å². The molecule has 0 aromatic carbocycles. The Morgan fingerprint density at radius 3 is 2.28 bits per heavy atom. The zero-order valence-corrected chi connectivity index (χ0v) is 11.3. The van der Waals surface area contributed by atoms with E-state index >= 15 is 0 Å². The van der Waals surface area contributed by atoms with Crippen molar-refractivity contribution in [2.75, 3.05) is 13.1 Å². The van der Waals surface area contributed by atoms with Gasteiger partial charge in [-0.1, -0.05) is 13.8 Å². The van der Waals surface area contributed by atoms with E-state index < -0.39 is 11.4 Å². The number of amides is 1. The van der Waals surface area contributed by atoms with Crippen molar-refractivity contribution in [1.82, 2.24) is 4.90 Å². The van der Waals surface area contributed by atoms with Crippen molar-refractivity contribution in [3.8, 4) is 11.8 Å². The Bertz CT molecular complexity index is 382. The molecule has 0 aliphatic carbocycles. The van der Waals surface area contributed by atoms with Gasteiger partial charge in [-0.2, -0.15) is 0 Å². The Morgan fingerprint density at radius 2 is 1.89 bits per heavy atom. The van der Waals surface area contributed by atoms with Crippen molar-refractivity contribution in [3.63, 3.8) is 0 Å². The van der Waals surface area contributed by atoms with Gasteiger partial charge in [0.05, 0.1) is 5.41 Å². The van der Waals surface area contributed by atoms with Gasteiger partial charge >= 0.3 is 5.97 Å². The zero-order chi connectivity index (χ0) is 13.8. The van der Waals surface area contributed by atoms with E-state index in [1.165, 1.54) is 0 Å². The van der Waals surface area contributed by atoms with Gasteiger partial charge < -0.3 is 10.0 Å². The molecule has 0 aromatic heterocycles. The van der Waals surface area contributed by atoms with Crippen LogP contribution in [-0.4, -0.2) is 35.0 Å². The molecule has 4 heteroatoms. The largest absolute Gasteiger partial charge is 0.481 e. The maximum atomic E-state index is 11.8. The lowest BCUT2D eigenvalue weighted by Gasteiger charge is -2.38. The predicted octanol–water partition coefficient (Wildman–Crippen LogP) is 1.75. The Balaban J connectivity index is 2.71. The van der Waals surface area contributed by atoms with Gasteiger partial charge in [0.15, 0.2) is 0 Å². The maximum Gasteiger partial charge on any atom is 0.310 e. The number of rotatable bonds is 3. The minimum atomic E-state index is -0.790. The van der Waals surface area contributed by atoms with Gasteiger partial charge in [-0.15, -0.1) is 11.8 Å². The summed E-state index contributed by atoms with van der Waals surface area (Å²) in [6, 6.07) is 0. The Labute approximate surface area is 108 Å². The first-order valence-electron chi connectivity index (χ1n) is 6.35. The van der Waals surface area contributed by atoms with Crippen LogP contribution in [-0.2, 0) is 9.59 Å². The highest BCUT2D eigenvalue weighted by Gasteiger charge is 2.41. The molecule has 1 fully saturated rings. The van der Waals surface area contributed by atoms with E-state index in [4.69, 9.17) is 0 Å². The van der Waals surface area contributed by atoms with Crippen LogP contribution in [0.3, 0.4) is 0 Å². The molecule has 0 bridgehead atoms. The first-order chi connectivity index (χ1) is 8.43. The van der Waals surface area contributed by atoms with Crippen molar-refractivity contribution in [2.45, 2.75) is 40.0 Å². The number of carbonyl (C=O) groups is 2. The molecule has 1 aliphatic heterocycles. The second-order valence-electron chi connectivity index (χ2n) is 5.17. The van der Waals surface area contributed by atoms with Gasteiger partial charge in [-0.05, 0) is 19.8 Å². The summed E-state index contributed by atoms with van der Waals surface area (Å²) < 4.78 is 0. The van der Waals surface area contributed by atoms with Crippen LogP contribution in [0.15, 0.2) is 0 Å². The number of hydrogen-bond donors (Lipinski definition) is 1. The second kappa shape index (κ2) is 5.90. The SMILES string of the molecule is CC#CCC1(C(=O)O)CCN(C(=O)C(C)C)CC1. The number of piperidine rings is 1. The number of carboxylic acids is 1. The van der Waals surface area contributed by atoms with Crippen LogP contribution in [0.4, 0.5) is 0 Å². The van der Waals surface area contributed by atoms with Gasteiger partial charge in [-0.25, -0.2) is 0 Å². The number of hydrogen-bond acceptors (Lipinski definition) is 2. The third kappa shape index (κ3) is 3.04. The molecule has 1 aliphatic rings. The topological polar surface area (TPSA) is 57.6 Å². The summed E-state index contributed by atoms with van der Waals surface area (Å²) in [5.41, 5.74) is -0.767. The quantitative estimate of drug-likeness (QED) is 0.777. The van der Waals surface area contributed by atoms with Gasteiger partial charge in [0.25, 0.3) is 0 Å². The highest BCUT2D eigenvalue weighted by atomic mass is 16.4. The van der Waals surface area contributed by atoms with E-state index in [1.807, 2.05) is 13.8 Å². The summed E-state index contributed by atoms with van der Waals surface area (Å²) in [5.74, 6) is 4.91. The molecule has 4 nitrogen and oxygen atoms in total. The summed E-state index contributed by atoms with van der Waals surface area (Å²) in [6.07, 6.45) is 1.37. The molecule has 1 heterocycles. The first kappa shape index (κ1) is 14.6. The lowest BCUT2D eigenvalue weighted by molar-refractivity contribution is -0.154. The highest BCUT2D eigenvalue weighted by Crippen LogP contribution is 2.35. The number of carbonyl (C=O) groups excluding carboxylic acids is 1. The van der Waals surface area contributed by atoms with Crippen LogP contribution in [0.1, 0.15) is 40.0 Å². The normalized spacial score (nSPS) is 18.1.